The molecule has 0 aromatic rings. The summed E-state index contributed by atoms with van der Waals surface area (Å²) in [6, 6.07) is 0. The smallest absolute Gasteiger partial charge is 0.260 e. The van der Waals surface area contributed by atoms with Gasteiger partial charge in [-0.2, -0.15) is 0 Å². The van der Waals surface area contributed by atoms with E-state index in [1.54, 1.807) is 0 Å². The number of likely N-dealkylation sites (N-methyl/N-ethyl adjacent to an activating group) is 1. The van der Waals surface area contributed by atoms with Crippen molar-refractivity contribution in [2.75, 3.05) is 7.05 Å². The van der Waals surface area contributed by atoms with Gasteiger partial charge in [0, 0.05) is 19.5 Å². The van der Waals surface area contributed by atoms with Crippen LogP contribution in [0.5, 0.6) is 0 Å². The van der Waals surface area contributed by atoms with Crippen LogP contribution in [0.4, 0.5) is 0 Å². The summed E-state index contributed by atoms with van der Waals surface area (Å²) in [7, 11) is 1.42. The van der Waals surface area contributed by atoms with Gasteiger partial charge in [-0.1, -0.05) is 59.1 Å². The molecule has 3 heteroatoms. The fourth-order valence-corrected chi connectivity index (χ4v) is 0.690. The molecular formula is C14H25NO2. The minimum atomic E-state index is -0.373. The van der Waals surface area contributed by atoms with Crippen molar-refractivity contribution in [2.24, 2.45) is 0 Å². The summed E-state index contributed by atoms with van der Waals surface area (Å²) in [6.07, 6.45) is 4.38. The average Bonchev–Trinajstić information content (AvgIpc) is 2.38. The van der Waals surface area contributed by atoms with Crippen molar-refractivity contribution in [3.8, 4) is 0 Å². The normalized spacial score (nSPS) is 8.71. The number of carbonyl (C=O) groups is 2. The van der Waals surface area contributed by atoms with E-state index in [-0.39, 0.29) is 11.8 Å². The molecule has 3 nitrogen and oxygen atoms in total. The lowest BCUT2D eigenvalue weighted by Crippen LogP contribution is -2.31. The van der Waals surface area contributed by atoms with Gasteiger partial charge in [0.25, 0.3) is 5.91 Å². The molecule has 0 saturated heterocycles. The molecule has 0 aliphatic rings. The number of carbonyl (C=O) groups excluding carboxylic acids is 2. The monoisotopic (exact) mass is 239 g/mol. The number of allylic oxidation sites excluding steroid dienone is 2. The Balaban J connectivity index is -0.000000439. The first-order valence-corrected chi connectivity index (χ1v) is 5.78. The molecule has 0 unspecified atom stereocenters. The van der Waals surface area contributed by atoms with E-state index >= 15 is 0 Å². The Morgan fingerprint density at radius 1 is 1.06 bits per heavy atom. The third-order valence-corrected chi connectivity index (χ3v) is 1.54. The zero-order valence-corrected chi connectivity index (χ0v) is 11.9. The highest BCUT2D eigenvalue weighted by molar-refractivity contribution is 6.05. The van der Waals surface area contributed by atoms with Crippen LogP contribution in [0.1, 0.15) is 34.6 Å². The van der Waals surface area contributed by atoms with Gasteiger partial charge < -0.3 is 0 Å². The van der Waals surface area contributed by atoms with Gasteiger partial charge in [-0.15, -0.1) is 0 Å². The zero-order valence-electron chi connectivity index (χ0n) is 11.9. The molecule has 0 rings (SSSR count). The fraction of sp³-hybridized carbons (Fsp3) is 0.429. The van der Waals surface area contributed by atoms with Gasteiger partial charge in [0.15, 0.2) is 0 Å². The van der Waals surface area contributed by atoms with Gasteiger partial charge in [0.1, 0.15) is 0 Å². The second-order valence-electron chi connectivity index (χ2n) is 2.45. The molecule has 0 aliphatic carbocycles. The second-order valence-corrected chi connectivity index (χ2v) is 2.45. The van der Waals surface area contributed by atoms with Crippen molar-refractivity contribution in [1.82, 2.24) is 4.90 Å². The van der Waals surface area contributed by atoms with E-state index in [9.17, 15) is 9.59 Å². The van der Waals surface area contributed by atoms with Crippen molar-refractivity contribution in [1.29, 1.82) is 0 Å². The highest BCUT2D eigenvalue weighted by Gasteiger charge is 2.14. The minimum Gasteiger partial charge on any atom is -0.282 e. The number of nitrogens with zero attached hydrogens (tertiary/aromatic N) is 1. The van der Waals surface area contributed by atoms with E-state index in [2.05, 4.69) is 13.2 Å². The third-order valence-electron chi connectivity index (χ3n) is 1.54. The Morgan fingerprint density at radius 2 is 1.47 bits per heavy atom. The molecule has 0 radical (unpaired) electrons. The quantitative estimate of drug-likeness (QED) is 0.559. The summed E-state index contributed by atoms with van der Waals surface area (Å²) < 4.78 is 0. The Morgan fingerprint density at radius 3 is 1.71 bits per heavy atom. The summed E-state index contributed by atoms with van der Waals surface area (Å²) in [5.74, 6) is -0.677. The molecule has 0 aromatic carbocycles. The fourth-order valence-electron chi connectivity index (χ4n) is 0.690. The lowest BCUT2D eigenvalue weighted by atomic mass is 10.2. The maximum atomic E-state index is 11.4. The van der Waals surface area contributed by atoms with E-state index in [0.29, 0.717) is 5.57 Å². The molecule has 0 aliphatic heterocycles. The minimum absolute atomic E-state index is 0.304. The van der Waals surface area contributed by atoms with E-state index < -0.39 is 0 Å². The van der Waals surface area contributed by atoms with Crippen LogP contribution in [0.3, 0.4) is 0 Å². The van der Waals surface area contributed by atoms with Crippen molar-refractivity contribution >= 4 is 11.8 Å². The molecule has 0 bridgehead atoms. The first kappa shape index (κ1) is 20.7. The van der Waals surface area contributed by atoms with E-state index in [1.807, 2.05) is 27.7 Å². The Labute approximate surface area is 106 Å². The summed E-state index contributed by atoms with van der Waals surface area (Å²) in [4.78, 5) is 23.3. The summed E-state index contributed by atoms with van der Waals surface area (Å²) in [6.45, 7) is 16.2. The van der Waals surface area contributed by atoms with Crippen LogP contribution in [0, 0.1) is 0 Å². The van der Waals surface area contributed by atoms with Crippen molar-refractivity contribution in [2.45, 2.75) is 34.6 Å². The van der Waals surface area contributed by atoms with Crippen molar-refractivity contribution in [3.05, 3.63) is 37.0 Å². The molecule has 2 amide bonds. The zero-order chi connectivity index (χ0) is 14.4. The average molecular weight is 239 g/mol. The summed E-state index contributed by atoms with van der Waals surface area (Å²) >= 11 is 0. The Hall–Kier alpha value is -1.64. The number of rotatable bonds is 3. The van der Waals surface area contributed by atoms with E-state index in [0.717, 1.165) is 4.90 Å². The molecule has 0 N–H and O–H groups in total. The van der Waals surface area contributed by atoms with E-state index in [4.69, 9.17) is 0 Å². The standard InChI is InChI=1S/C10H13NO2.2C2H6/c1-5-7-9(6-2)10(13)11(4)8(3)12;2*1-2/h5-7H,1-2H2,3-4H3;2*1-2H3/b9-7+;;. The molecule has 0 saturated carbocycles. The lowest BCUT2D eigenvalue weighted by molar-refractivity contribution is -0.139. The molecule has 0 aromatic heterocycles. The topological polar surface area (TPSA) is 37.4 Å². The van der Waals surface area contributed by atoms with Crippen LogP contribution in [-0.4, -0.2) is 23.8 Å². The first-order valence-electron chi connectivity index (χ1n) is 5.78. The predicted octanol–water partition coefficient (Wildman–Crippen LogP) is 3.34. The number of amides is 2. The third kappa shape index (κ3) is 9.30. The number of hydrogen-bond acceptors (Lipinski definition) is 2. The highest BCUT2D eigenvalue weighted by atomic mass is 16.2. The lowest BCUT2D eigenvalue weighted by Gasteiger charge is -2.12. The Bertz CT molecular complexity index is 278. The van der Waals surface area contributed by atoms with Gasteiger partial charge in [0.2, 0.25) is 5.91 Å². The van der Waals surface area contributed by atoms with Crippen LogP contribution >= 0.6 is 0 Å². The van der Waals surface area contributed by atoms with Crippen LogP contribution in [0.15, 0.2) is 37.0 Å². The van der Waals surface area contributed by atoms with Gasteiger partial charge in [-0.05, 0) is 0 Å². The van der Waals surface area contributed by atoms with Crippen molar-refractivity contribution in [3.63, 3.8) is 0 Å². The molecule has 0 heterocycles. The van der Waals surface area contributed by atoms with Gasteiger partial charge in [0.05, 0.1) is 0 Å². The van der Waals surface area contributed by atoms with Crippen molar-refractivity contribution < 1.29 is 9.59 Å². The molecule has 0 fully saturated rings. The van der Waals surface area contributed by atoms with Crippen LogP contribution in [0.2, 0.25) is 0 Å². The summed E-state index contributed by atoms with van der Waals surface area (Å²) in [5, 5.41) is 0. The van der Waals surface area contributed by atoms with Crippen LogP contribution < -0.4 is 0 Å². The predicted molar refractivity (Wildman–Crippen MR) is 74.6 cm³/mol. The van der Waals surface area contributed by atoms with Gasteiger partial charge >= 0.3 is 0 Å². The second kappa shape index (κ2) is 14.4. The number of hydrogen-bond donors (Lipinski definition) is 0. The molecule has 0 atom stereocenters. The number of imide groups is 1. The largest absolute Gasteiger partial charge is 0.282 e. The highest BCUT2D eigenvalue weighted by Crippen LogP contribution is 2.01. The molecule has 98 valence electrons. The van der Waals surface area contributed by atoms with Crippen LogP contribution in [0.25, 0.3) is 0 Å². The SMILES string of the molecule is C=C/C=C(\C=C)C(=O)N(C)C(C)=O.CC.CC. The molecule has 0 spiro atoms. The van der Waals surface area contributed by atoms with E-state index in [1.165, 1.54) is 32.2 Å². The van der Waals surface area contributed by atoms with Crippen LogP contribution in [-0.2, 0) is 9.59 Å². The maximum Gasteiger partial charge on any atom is 0.260 e. The molecule has 17 heavy (non-hydrogen) atoms. The van der Waals surface area contributed by atoms with Gasteiger partial charge in [-0.25, -0.2) is 0 Å². The van der Waals surface area contributed by atoms with Gasteiger partial charge in [-0.3, -0.25) is 14.5 Å². The molecular weight excluding hydrogens is 214 g/mol. The Kier molecular flexibility index (Phi) is 17.5. The maximum absolute atomic E-state index is 11.4. The summed E-state index contributed by atoms with van der Waals surface area (Å²) in [5.41, 5.74) is 0.354. The first-order chi connectivity index (χ1) is 8.04.